The van der Waals surface area contributed by atoms with Gasteiger partial charge < -0.3 is 4.52 Å². The van der Waals surface area contributed by atoms with Gasteiger partial charge in [0.2, 0.25) is 5.82 Å². The second kappa shape index (κ2) is 5.46. The Bertz CT molecular complexity index is 780. The molecule has 0 radical (unpaired) electrons. The summed E-state index contributed by atoms with van der Waals surface area (Å²) >= 11 is 5.80. The van der Waals surface area contributed by atoms with Crippen molar-refractivity contribution in [3.63, 3.8) is 0 Å². The first-order valence-corrected chi connectivity index (χ1v) is 6.58. The third-order valence-electron chi connectivity index (χ3n) is 2.99. The number of rotatable bonds is 2. The summed E-state index contributed by atoms with van der Waals surface area (Å²) in [7, 11) is 0. The van der Waals surface area contributed by atoms with Gasteiger partial charge in [0, 0.05) is 16.1 Å². The van der Waals surface area contributed by atoms with Crippen molar-refractivity contribution in [2.24, 2.45) is 0 Å². The van der Waals surface area contributed by atoms with Crippen molar-refractivity contribution in [1.29, 1.82) is 0 Å². The van der Waals surface area contributed by atoms with Gasteiger partial charge in [0.15, 0.2) is 0 Å². The maximum atomic E-state index is 12.5. The molecule has 2 aromatic carbocycles. The van der Waals surface area contributed by atoms with Gasteiger partial charge in [0.1, 0.15) is 0 Å². The summed E-state index contributed by atoms with van der Waals surface area (Å²) in [5.74, 6) is 0.491. The smallest absolute Gasteiger partial charge is 0.334 e. The zero-order valence-electron chi connectivity index (χ0n) is 10.9. The van der Waals surface area contributed by atoms with E-state index in [1.807, 2.05) is 0 Å². The molecule has 0 saturated carbocycles. The van der Waals surface area contributed by atoms with Crippen LogP contribution in [0.5, 0.6) is 0 Å². The van der Waals surface area contributed by atoms with Crippen molar-refractivity contribution >= 4 is 11.6 Å². The lowest BCUT2D eigenvalue weighted by Crippen LogP contribution is -2.03. The molecule has 22 heavy (non-hydrogen) atoms. The summed E-state index contributed by atoms with van der Waals surface area (Å²) in [6, 6.07) is 11.4. The zero-order chi connectivity index (χ0) is 15.7. The molecular weight excluding hydrogens is 317 g/mol. The lowest BCUT2D eigenvalue weighted by atomic mass is 10.1. The average Bonchev–Trinajstić information content (AvgIpc) is 2.97. The number of aromatic nitrogens is 2. The van der Waals surface area contributed by atoms with Crippen molar-refractivity contribution in [3.8, 4) is 22.8 Å². The van der Waals surface area contributed by atoms with Crippen LogP contribution in [0.3, 0.4) is 0 Å². The molecule has 0 aliphatic carbocycles. The Morgan fingerprint density at radius 2 is 1.45 bits per heavy atom. The highest BCUT2D eigenvalue weighted by Crippen LogP contribution is 2.31. The third-order valence-corrected chi connectivity index (χ3v) is 3.24. The molecule has 0 aliphatic rings. The third kappa shape index (κ3) is 2.96. The lowest BCUT2D eigenvalue weighted by Gasteiger charge is -2.05. The van der Waals surface area contributed by atoms with Crippen LogP contribution >= 0.6 is 11.6 Å². The van der Waals surface area contributed by atoms with Crippen LogP contribution in [-0.4, -0.2) is 10.1 Å². The van der Waals surface area contributed by atoms with E-state index in [2.05, 4.69) is 10.1 Å². The fourth-order valence-electron chi connectivity index (χ4n) is 1.86. The molecule has 3 nitrogen and oxygen atoms in total. The summed E-state index contributed by atoms with van der Waals surface area (Å²) < 4.78 is 42.6. The van der Waals surface area contributed by atoms with Crippen LogP contribution < -0.4 is 0 Å². The van der Waals surface area contributed by atoms with Crippen LogP contribution in [-0.2, 0) is 6.18 Å². The lowest BCUT2D eigenvalue weighted by molar-refractivity contribution is -0.137. The van der Waals surface area contributed by atoms with E-state index in [4.69, 9.17) is 16.1 Å². The van der Waals surface area contributed by atoms with Crippen molar-refractivity contribution < 1.29 is 17.7 Å². The fourth-order valence-corrected chi connectivity index (χ4v) is 1.98. The molecule has 3 aromatic rings. The van der Waals surface area contributed by atoms with E-state index >= 15 is 0 Å². The van der Waals surface area contributed by atoms with Crippen LogP contribution in [0.25, 0.3) is 22.8 Å². The fraction of sp³-hybridized carbons (Fsp3) is 0.0667. The van der Waals surface area contributed by atoms with Gasteiger partial charge in [-0.3, -0.25) is 0 Å². The predicted molar refractivity (Wildman–Crippen MR) is 75.2 cm³/mol. The van der Waals surface area contributed by atoms with Gasteiger partial charge >= 0.3 is 6.18 Å². The summed E-state index contributed by atoms with van der Waals surface area (Å²) in [6.07, 6.45) is -4.37. The van der Waals surface area contributed by atoms with E-state index < -0.39 is 11.7 Å². The van der Waals surface area contributed by atoms with E-state index in [1.165, 1.54) is 12.1 Å². The molecule has 3 rings (SSSR count). The molecule has 0 amide bonds. The standard InChI is InChI=1S/C15H8ClF3N2O/c16-12-7-3-9(4-8-12)13-20-14(22-21-13)10-1-5-11(6-2-10)15(17,18)19/h1-8H. The molecule has 0 bridgehead atoms. The minimum atomic E-state index is -4.37. The van der Waals surface area contributed by atoms with Crippen LogP contribution in [0.2, 0.25) is 5.02 Å². The van der Waals surface area contributed by atoms with Gasteiger partial charge in [-0.15, -0.1) is 0 Å². The first-order chi connectivity index (χ1) is 10.4. The number of nitrogens with zero attached hydrogens (tertiary/aromatic N) is 2. The quantitative estimate of drug-likeness (QED) is 0.660. The van der Waals surface area contributed by atoms with E-state index in [1.54, 1.807) is 24.3 Å². The Labute approximate surface area is 128 Å². The Hall–Kier alpha value is -2.34. The van der Waals surface area contributed by atoms with Crippen molar-refractivity contribution in [2.75, 3.05) is 0 Å². The molecule has 0 spiro atoms. The van der Waals surface area contributed by atoms with Crippen LogP contribution in [0, 0.1) is 0 Å². The van der Waals surface area contributed by atoms with Gasteiger partial charge in [-0.05, 0) is 48.5 Å². The van der Waals surface area contributed by atoms with Gasteiger partial charge in [-0.1, -0.05) is 16.8 Å². The topological polar surface area (TPSA) is 38.9 Å². The molecule has 0 atom stereocenters. The van der Waals surface area contributed by atoms with E-state index in [9.17, 15) is 13.2 Å². The summed E-state index contributed by atoms with van der Waals surface area (Å²) in [5.41, 5.74) is 0.390. The molecule has 0 unspecified atom stereocenters. The van der Waals surface area contributed by atoms with E-state index in [0.717, 1.165) is 12.1 Å². The van der Waals surface area contributed by atoms with Crippen molar-refractivity contribution in [2.45, 2.75) is 6.18 Å². The Morgan fingerprint density at radius 3 is 2.05 bits per heavy atom. The van der Waals surface area contributed by atoms with E-state index in [0.29, 0.717) is 22.0 Å². The first kappa shape index (κ1) is 14.6. The Balaban J connectivity index is 1.89. The number of alkyl halides is 3. The van der Waals surface area contributed by atoms with Gasteiger partial charge in [0.05, 0.1) is 5.56 Å². The van der Waals surface area contributed by atoms with Crippen LogP contribution in [0.4, 0.5) is 13.2 Å². The molecule has 112 valence electrons. The Morgan fingerprint density at radius 1 is 0.864 bits per heavy atom. The van der Waals surface area contributed by atoms with Gasteiger partial charge in [0.25, 0.3) is 5.89 Å². The largest absolute Gasteiger partial charge is 0.416 e. The van der Waals surface area contributed by atoms with Gasteiger partial charge in [-0.25, -0.2) is 0 Å². The maximum Gasteiger partial charge on any atom is 0.416 e. The number of benzene rings is 2. The number of halogens is 4. The SMILES string of the molecule is FC(F)(F)c1ccc(-c2nc(-c3ccc(Cl)cc3)no2)cc1. The van der Waals surface area contributed by atoms with Crippen LogP contribution in [0.15, 0.2) is 53.1 Å². The monoisotopic (exact) mass is 324 g/mol. The second-order valence-corrected chi connectivity index (χ2v) is 4.94. The van der Waals surface area contributed by atoms with E-state index in [-0.39, 0.29) is 5.89 Å². The zero-order valence-corrected chi connectivity index (χ0v) is 11.7. The number of hydrogen-bond acceptors (Lipinski definition) is 3. The summed E-state index contributed by atoms with van der Waals surface area (Å²) in [5, 5.41) is 4.39. The maximum absolute atomic E-state index is 12.5. The normalized spacial score (nSPS) is 11.6. The molecule has 7 heteroatoms. The Kier molecular flexibility index (Phi) is 3.62. The molecule has 1 heterocycles. The molecule has 0 fully saturated rings. The highest BCUT2D eigenvalue weighted by Gasteiger charge is 2.30. The highest BCUT2D eigenvalue weighted by atomic mass is 35.5. The van der Waals surface area contributed by atoms with Gasteiger partial charge in [-0.2, -0.15) is 18.2 Å². The summed E-state index contributed by atoms with van der Waals surface area (Å²) in [4.78, 5) is 4.17. The summed E-state index contributed by atoms with van der Waals surface area (Å²) in [6.45, 7) is 0. The molecule has 1 aromatic heterocycles. The minimum Gasteiger partial charge on any atom is -0.334 e. The molecule has 0 N–H and O–H groups in total. The number of hydrogen-bond donors (Lipinski definition) is 0. The minimum absolute atomic E-state index is 0.152. The first-order valence-electron chi connectivity index (χ1n) is 6.21. The average molecular weight is 325 g/mol. The molecule has 0 aliphatic heterocycles. The second-order valence-electron chi connectivity index (χ2n) is 4.51. The highest BCUT2D eigenvalue weighted by molar-refractivity contribution is 6.30. The molecule has 0 saturated heterocycles. The van der Waals surface area contributed by atoms with Crippen molar-refractivity contribution in [1.82, 2.24) is 10.1 Å². The van der Waals surface area contributed by atoms with Crippen LogP contribution in [0.1, 0.15) is 5.56 Å². The van der Waals surface area contributed by atoms with Crippen molar-refractivity contribution in [3.05, 3.63) is 59.1 Å². The predicted octanol–water partition coefficient (Wildman–Crippen LogP) is 5.08. The molecular formula is C15H8ClF3N2O.